The lowest BCUT2D eigenvalue weighted by Gasteiger charge is -2.12. The maximum atomic E-state index is 13.0. The van der Waals surface area contributed by atoms with Gasteiger partial charge in [-0.2, -0.15) is 5.10 Å². The molecule has 0 saturated carbocycles. The summed E-state index contributed by atoms with van der Waals surface area (Å²) in [5.74, 6) is -0.0756. The number of hydrogen-bond donors (Lipinski definition) is 1. The zero-order chi connectivity index (χ0) is 20.1. The molecule has 29 heavy (non-hydrogen) atoms. The molecule has 0 bridgehead atoms. The highest BCUT2D eigenvalue weighted by Crippen LogP contribution is 2.19. The first kappa shape index (κ1) is 18.7. The lowest BCUT2D eigenvalue weighted by molar-refractivity contribution is 0.0951. The number of rotatable bonds is 6. The molecule has 144 valence electrons. The van der Waals surface area contributed by atoms with E-state index in [0.29, 0.717) is 18.7 Å². The first-order valence-electron chi connectivity index (χ1n) is 9.72. The fourth-order valence-corrected chi connectivity index (χ4v) is 3.52. The Morgan fingerprint density at radius 3 is 2.76 bits per heavy atom. The summed E-state index contributed by atoms with van der Waals surface area (Å²) in [5, 5.41) is 9.69. The van der Waals surface area contributed by atoms with Gasteiger partial charge in [-0.1, -0.05) is 66.7 Å². The molecule has 0 aliphatic heterocycles. The van der Waals surface area contributed by atoms with Gasteiger partial charge in [0, 0.05) is 24.5 Å². The monoisotopic (exact) mass is 381 g/mol. The van der Waals surface area contributed by atoms with Crippen molar-refractivity contribution in [2.24, 2.45) is 0 Å². The van der Waals surface area contributed by atoms with Crippen molar-refractivity contribution in [3.63, 3.8) is 0 Å². The summed E-state index contributed by atoms with van der Waals surface area (Å²) in [6.07, 6.45) is 7.58. The Morgan fingerprint density at radius 1 is 1.07 bits per heavy atom. The number of benzene rings is 3. The second-order valence-corrected chi connectivity index (χ2v) is 6.95. The topological polar surface area (TPSA) is 46.9 Å². The normalized spacial score (nSPS) is 11.2. The average Bonchev–Trinajstić information content (AvgIpc) is 3.26. The Hall–Kier alpha value is -3.66. The minimum absolute atomic E-state index is 0.0756. The molecule has 0 spiro atoms. The van der Waals surface area contributed by atoms with Crippen molar-refractivity contribution in [3.8, 4) is 0 Å². The van der Waals surface area contributed by atoms with Crippen molar-refractivity contribution in [2.75, 3.05) is 0 Å². The molecule has 0 aliphatic carbocycles. The summed E-state index contributed by atoms with van der Waals surface area (Å²) >= 11 is 0. The lowest BCUT2D eigenvalue weighted by atomic mass is 10.0. The molecule has 3 aromatic carbocycles. The molecule has 4 nitrogen and oxygen atoms in total. The number of nitrogens with one attached hydrogen (secondary N) is 1. The molecule has 4 aromatic rings. The van der Waals surface area contributed by atoms with E-state index in [4.69, 9.17) is 0 Å². The van der Waals surface area contributed by atoms with Crippen LogP contribution in [0.1, 0.15) is 34.0 Å². The van der Waals surface area contributed by atoms with Gasteiger partial charge in [0.1, 0.15) is 0 Å². The predicted octanol–water partition coefficient (Wildman–Crippen LogP) is 5.05. The van der Waals surface area contributed by atoms with Crippen LogP contribution in [0.3, 0.4) is 0 Å². The summed E-state index contributed by atoms with van der Waals surface area (Å²) in [5.41, 5.74) is 3.73. The molecule has 0 atom stereocenters. The molecule has 1 amide bonds. The Bertz CT molecular complexity index is 1150. The van der Waals surface area contributed by atoms with Gasteiger partial charge in [-0.3, -0.25) is 9.48 Å². The van der Waals surface area contributed by atoms with E-state index in [2.05, 4.69) is 34.7 Å². The van der Waals surface area contributed by atoms with Crippen LogP contribution in [0.2, 0.25) is 0 Å². The van der Waals surface area contributed by atoms with Crippen LogP contribution in [0.5, 0.6) is 0 Å². The minimum Gasteiger partial charge on any atom is -0.348 e. The third kappa shape index (κ3) is 4.27. The summed E-state index contributed by atoms with van der Waals surface area (Å²) in [4.78, 5) is 13.0. The molecule has 4 rings (SSSR count). The van der Waals surface area contributed by atoms with Gasteiger partial charge in [0.05, 0.1) is 6.54 Å². The van der Waals surface area contributed by atoms with Crippen LogP contribution in [0.15, 0.2) is 85.2 Å². The van der Waals surface area contributed by atoms with E-state index in [-0.39, 0.29) is 5.91 Å². The summed E-state index contributed by atoms with van der Waals surface area (Å²) in [6, 6.07) is 22.3. The quantitative estimate of drug-likeness (QED) is 0.508. The van der Waals surface area contributed by atoms with E-state index in [0.717, 1.165) is 22.1 Å². The van der Waals surface area contributed by atoms with Gasteiger partial charge in [0.15, 0.2) is 0 Å². The predicted molar refractivity (Wildman–Crippen MR) is 118 cm³/mol. The van der Waals surface area contributed by atoms with Crippen molar-refractivity contribution in [1.82, 2.24) is 15.1 Å². The number of aromatic nitrogens is 2. The second kappa shape index (κ2) is 8.57. The highest BCUT2D eigenvalue weighted by Gasteiger charge is 2.12. The number of amides is 1. The van der Waals surface area contributed by atoms with Gasteiger partial charge in [0.2, 0.25) is 0 Å². The van der Waals surface area contributed by atoms with Gasteiger partial charge in [-0.15, -0.1) is 0 Å². The number of carbonyl (C=O) groups is 1. The number of fused-ring (bicyclic) bond motifs is 1. The largest absolute Gasteiger partial charge is 0.348 e. The van der Waals surface area contributed by atoms with Crippen molar-refractivity contribution < 1.29 is 4.79 Å². The number of hydrogen-bond acceptors (Lipinski definition) is 2. The van der Waals surface area contributed by atoms with E-state index in [9.17, 15) is 4.79 Å². The van der Waals surface area contributed by atoms with Gasteiger partial charge in [0.25, 0.3) is 5.91 Å². The first-order valence-corrected chi connectivity index (χ1v) is 9.72. The molecule has 1 aromatic heterocycles. The molecule has 0 saturated heterocycles. The molecule has 0 aliphatic rings. The van der Waals surface area contributed by atoms with Crippen molar-refractivity contribution in [3.05, 3.63) is 107 Å². The Labute approximate surface area is 170 Å². The van der Waals surface area contributed by atoms with Crippen molar-refractivity contribution in [2.45, 2.75) is 20.0 Å². The van der Waals surface area contributed by atoms with E-state index < -0.39 is 0 Å². The van der Waals surface area contributed by atoms with E-state index >= 15 is 0 Å². The van der Waals surface area contributed by atoms with Crippen LogP contribution in [0, 0.1) is 0 Å². The number of nitrogens with zero attached hydrogens (tertiary/aromatic N) is 2. The third-order valence-corrected chi connectivity index (χ3v) is 4.93. The minimum atomic E-state index is -0.0756. The van der Waals surface area contributed by atoms with Gasteiger partial charge >= 0.3 is 0 Å². The standard InChI is InChI=1S/C25H23N3O/c1-2-7-20-13-12-19(18-28-15-6-14-27-28)16-24(20)25(29)26-17-22-10-5-9-21-8-3-4-11-23(21)22/h2-16H,17-18H2,1H3,(H,26,29)/b7-2+. The number of carbonyl (C=O) groups excluding carboxylic acids is 1. The Morgan fingerprint density at radius 2 is 1.93 bits per heavy atom. The van der Waals surface area contributed by atoms with Crippen LogP contribution in [-0.2, 0) is 13.1 Å². The second-order valence-electron chi connectivity index (χ2n) is 6.95. The molecule has 4 heteroatoms. The van der Waals surface area contributed by atoms with Crippen LogP contribution in [-0.4, -0.2) is 15.7 Å². The van der Waals surface area contributed by atoms with Gasteiger partial charge in [-0.25, -0.2) is 0 Å². The third-order valence-electron chi connectivity index (χ3n) is 4.93. The maximum absolute atomic E-state index is 13.0. The van der Waals surface area contributed by atoms with Crippen LogP contribution >= 0.6 is 0 Å². The smallest absolute Gasteiger partial charge is 0.252 e. The molecular formula is C25H23N3O. The molecule has 0 unspecified atom stereocenters. The fraction of sp³-hybridized carbons (Fsp3) is 0.120. The summed E-state index contributed by atoms with van der Waals surface area (Å²) in [7, 11) is 0. The lowest BCUT2D eigenvalue weighted by Crippen LogP contribution is -2.24. The molecule has 0 fully saturated rings. The first-order chi connectivity index (χ1) is 14.2. The molecular weight excluding hydrogens is 358 g/mol. The van der Waals surface area contributed by atoms with E-state index in [1.807, 2.05) is 72.4 Å². The highest BCUT2D eigenvalue weighted by molar-refractivity contribution is 5.98. The molecule has 1 heterocycles. The average molecular weight is 381 g/mol. The van der Waals surface area contributed by atoms with E-state index in [1.54, 1.807) is 6.20 Å². The van der Waals surface area contributed by atoms with Crippen molar-refractivity contribution >= 4 is 22.8 Å². The molecule has 0 radical (unpaired) electrons. The van der Waals surface area contributed by atoms with Crippen LogP contribution in [0.25, 0.3) is 16.8 Å². The number of allylic oxidation sites excluding steroid dienone is 1. The van der Waals surface area contributed by atoms with E-state index in [1.165, 1.54) is 5.39 Å². The zero-order valence-corrected chi connectivity index (χ0v) is 16.4. The zero-order valence-electron chi connectivity index (χ0n) is 16.4. The van der Waals surface area contributed by atoms with Crippen molar-refractivity contribution in [1.29, 1.82) is 0 Å². The molecule has 1 N–H and O–H groups in total. The maximum Gasteiger partial charge on any atom is 0.252 e. The Kier molecular flexibility index (Phi) is 5.52. The highest BCUT2D eigenvalue weighted by atomic mass is 16.1. The summed E-state index contributed by atoms with van der Waals surface area (Å²) in [6.45, 7) is 3.07. The van der Waals surface area contributed by atoms with Crippen LogP contribution in [0.4, 0.5) is 0 Å². The SMILES string of the molecule is C/C=C/c1ccc(Cn2cccn2)cc1C(=O)NCc1cccc2ccccc12. The van der Waals surface area contributed by atoms with Crippen LogP contribution < -0.4 is 5.32 Å². The van der Waals surface area contributed by atoms with Gasteiger partial charge in [-0.05, 0) is 46.5 Å². The fourth-order valence-electron chi connectivity index (χ4n) is 3.52. The summed E-state index contributed by atoms with van der Waals surface area (Å²) < 4.78 is 1.85. The Balaban J connectivity index is 1.57. The van der Waals surface area contributed by atoms with Gasteiger partial charge < -0.3 is 5.32 Å².